The molecule has 0 aliphatic heterocycles. The molecule has 0 saturated carbocycles. The van der Waals surface area contributed by atoms with Crippen molar-refractivity contribution in [3.8, 4) is 11.5 Å². The van der Waals surface area contributed by atoms with E-state index >= 15 is 0 Å². The fourth-order valence-corrected chi connectivity index (χ4v) is 2.08. The summed E-state index contributed by atoms with van der Waals surface area (Å²) >= 11 is 0. The molecule has 0 aliphatic rings. The molecule has 4 nitrogen and oxygen atoms in total. The number of ether oxygens (including phenoxy) is 2. The van der Waals surface area contributed by atoms with Gasteiger partial charge in [-0.3, -0.25) is 0 Å². The number of imidazole rings is 1. The number of nitrogens with one attached hydrogen (secondary N) is 1. The first-order valence-corrected chi connectivity index (χ1v) is 6.51. The Morgan fingerprint density at radius 1 is 1.00 bits per heavy atom. The minimum atomic E-state index is -0.143. The number of methoxy groups -OCH3 is 1. The van der Waals surface area contributed by atoms with Crippen molar-refractivity contribution in [2.75, 3.05) is 7.11 Å². The van der Waals surface area contributed by atoms with Gasteiger partial charge in [-0.15, -0.1) is 0 Å². The lowest BCUT2D eigenvalue weighted by atomic mass is 10.3. The minimum absolute atomic E-state index is 0.143. The SMILES string of the molecule is COc1ccc(OC(C)c2nc3ccccc3[nH]2)cc1. The predicted octanol–water partition coefficient (Wildman–Crippen LogP) is 3.71. The summed E-state index contributed by atoms with van der Waals surface area (Å²) in [5.41, 5.74) is 1.97. The molecule has 1 N–H and O–H groups in total. The monoisotopic (exact) mass is 268 g/mol. The number of benzene rings is 2. The average Bonchev–Trinajstić information content (AvgIpc) is 2.92. The third kappa shape index (κ3) is 2.45. The average molecular weight is 268 g/mol. The molecule has 0 radical (unpaired) electrons. The second-order valence-electron chi connectivity index (χ2n) is 4.57. The maximum atomic E-state index is 5.88. The Bertz CT molecular complexity index is 671. The molecule has 1 aromatic heterocycles. The van der Waals surface area contributed by atoms with Crippen molar-refractivity contribution in [3.63, 3.8) is 0 Å². The molecule has 20 heavy (non-hydrogen) atoms. The zero-order valence-electron chi connectivity index (χ0n) is 11.5. The van der Waals surface area contributed by atoms with E-state index in [4.69, 9.17) is 9.47 Å². The summed E-state index contributed by atoms with van der Waals surface area (Å²) in [5, 5.41) is 0. The normalized spacial score (nSPS) is 12.3. The summed E-state index contributed by atoms with van der Waals surface area (Å²) in [6.07, 6.45) is -0.143. The first-order chi connectivity index (χ1) is 9.76. The van der Waals surface area contributed by atoms with Gasteiger partial charge in [0.25, 0.3) is 0 Å². The number of rotatable bonds is 4. The molecule has 0 aliphatic carbocycles. The molecule has 1 unspecified atom stereocenters. The maximum absolute atomic E-state index is 5.88. The maximum Gasteiger partial charge on any atom is 0.153 e. The number of fused-ring (bicyclic) bond motifs is 1. The summed E-state index contributed by atoms with van der Waals surface area (Å²) < 4.78 is 11.0. The number of nitrogens with zero attached hydrogens (tertiary/aromatic N) is 1. The summed E-state index contributed by atoms with van der Waals surface area (Å²) in [5.74, 6) is 2.43. The Kier molecular flexibility index (Phi) is 3.29. The zero-order chi connectivity index (χ0) is 13.9. The van der Waals surface area contributed by atoms with Gasteiger partial charge in [-0.2, -0.15) is 0 Å². The zero-order valence-corrected chi connectivity index (χ0v) is 11.5. The van der Waals surface area contributed by atoms with Crippen LogP contribution >= 0.6 is 0 Å². The highest BCUT2D eigenvalue weighted by atomic mass is 16.5. The van der Waals surface area contributed by atoms with Crippen molar-refractivity contribution in [3.05, 3.63) is 54.4 Å². The van der Waals surface area contributed by atoms with Crippen LogP contribution in [-0.2, 0) is 0 Å². The van der Waals surface area contributed by atoms with E-state index in [2.05, 4.69) is 9.97 Å². The topological polar surface area (TPSA) is 47.1 Å². The Morgan fingerprint density at radius 3 is 2.40 bits per heavy atom. The van der Waals surface area contributed by atoms with Crippen LogP contribution in [0.15, 0.2) is 48.5 Å². The number of hydrogen-bond acceptors (Lipinski definition) is 3. The molecule has 2 aromatic carbocycles. The first kappa shape index (κ1) is 12.5. The van der Waals surface area contributed by atoms with Crippen LogP contribution in [0.4, 0.5) is 0 Å². The number of H-pyrrole nitrogens is 1. The van der Waals surface area contributed by atoms with E-state index in [1.54, 1.807) is 7.11 Å². The van der Waals surface area contributed by atoms with Crippen molar-refractivity contribution in [2.24, 2.45) is 0 Å². The lowest BCUT2D eigenvalue weighted by Crippen LogP contribution is -2.04. The minimum Gasteiger partial charge on any atom is -0.497 e. The van der Waals surface area contributed by atoms with Gasteiger partial charge in [0, 0.05) is 0 Å². The fraction of sp³-hybridized carbons (Fsp3) is 0.188. The van der Waals surface area contributed by atoms with Crippen molar-refractivity contribution < 1.29 is 9.47 Å². The Balaban J connectivity index is 1.79. The Labute approximate surface area is 117 Å². The molecule has 0 fully saturated rings. The van der Waals surface area contributed by atoms with Gasteiger partial charge in [-0.25, -0.2) is 4.98 Å². The van der Waals surface area contributed by atoms with E-state index in [0.717, 1.165) is 28.4 Å². The van der Waals surface area contributed by atoms with Gasteiger partial charge in [0.05, 0.1) is 18.1 Å². The van der Waals surface area contributed by atoms with Crippen molar-refractivity contribution in [1.29, 1.82) is 0 Å². The third-order valence-corrected chi connectivity index (χ3v) is 3.17. The van der Waals surface area contributed by atoms with Crippen LogP contribution in [0, 0.1) is 0 Å². The second-order valence-corrected chi connectivity index (χ2v) is 4.57. The van der Waals surface area contributed by atoms with Crippen molar-refractivity contribution in [2.45, 2.75) is 13.0 Å². The summed E-state index contributed by atoms with van der Waals surface area (Å²) in [6.45, 7) is 1.97. The van der Waals surface area contributed by atoms with E-state index in [1.807, 2.05) is 55.5 Å². The van der Waals surface area contributed by atoms with E-state index in [0.29, 0.717) is 0 Å². The molecule has 3 rings (SSSR count). The van der Waals surface area contributed by atoms with Crippen molar-refractivity contribution in [1.82, 2.24) is 9.97 Å². The summed E-state index contributed by atoms with van der Waals surface area (Å²) in [7, 11) is 1.65. The first-order valence-electron chi connectivity index (χ1n) is 6.51. The quantitative estimate of drug-likeness (QED) is 0.784. The molecule has 0 saturated heterocycles. The van der Waals surface area contributed by atoms with Gasteiger partial charge in [0.2, 0.25) is 0 Å². The molecular formula is C16H16N2O2. The molecule has 0 spiro atoms. The van der Waals surface area contributed by atoms with E-state index in [9.17, 15) is 0 Å². The smallest absolute Gasteiger partial charge is 0.153 e. The molecule has 3 aromatic rings. The number of hydrogen-bond donors (Lipinski definition) is 1. The number of aromatic nitrogens is 2. The third-order valence-electron chi connectivity index (χ3n) is 3.17. The van der Waals surface area contributed by atoms with E-state index in [1.165, 1.54) is 0 Å². The molecule has 1 heterocycles. The predicted molar refractivity (Wildman–Crippen MR) is 78.1 cm³/mol. The van der Waals surface area contributed by atoms with Crippen LogP contribution in [0.5, 0.6) is 11.5 Å². The lowest BCUT2D eigenvalue weighted by Gasteiger charge is -2.12. The van der Waals surface area contributed by atoms with Crippen molar-refractivity contribution >= 4 is 11.0 Å². The van der Waals surface area contributed by atoms with Gasteiger partial charge < -0.3 is 14.5 Å². The Morgan fingerprint density at radius 2 is 1.70 bits per heavy atom. The molecule has 4 heteroatoms. The largest absolute Gasteiger partial charge is 0.497 e. The van der Waals surface area contributed by atoms with Crippen LogP contribution in [0.25, 0.3) is 11.0 Å². The Hall–Kier alpha value is -2.49. The summed E-state index contributed by atoms with van der Waals surface area (Å²) in [6, 6.07) is 15.5. The highest BCUT2D eigenvalue weighted by Gasteiger charge is 2.12. The van der Waals surface area contributed by atoms with Crippen LogP contribution in [0.1, 0.15) is 18.9 Å². The molecule has 0 bridgehead atoms. The highest BCUT2D eigenvalue weighted by Crippen LogP contribution is 2.23. The van der Waals surface area contributed by atoms with Crippen LogP contribution in [0.2, 0.25) is 0 Å². The number of para-hydroxylation sites is 2. The van der Waals surface area contributed by atoms with Crippen LogP contribution in [-0.4, -0.2) is 17.1 Å². The van der Waals surface area contributed by atoms with Gasteiger partial charge in [-0.1, -0.05) is 12.1 Å². The molecule has 0 amide bonds. The van der Waals surface area contributed by atoms with Gasteiger partial charge >= 0.3 is 0 Å². The standard InChI is InChI=1S/C16H16N2O2/c1-11(20-13-9-7-12(19-2)8-10-13)16-17-14-5-3-4-6-15(14)18-16/h3-11H,1-2H3,(H,17,18). The van der Waals surface area contributed by atoms with Gasteiger partial charge in [0.1, 0.15) is 17.3 Å². The number of aromatic amines is 1. The molecular weight excluding hydrogens is 252 g/mol. The lowest BCUT2D eigenvalue weighted by molar-refractivity contribution is 0.217. The molecule has 102 valence electrons. The van der Waals surface area contributed by atoms with E-state index in [-0.39, 0.29) is 6.10 Å². The van der Waals surface area contributed by atoms with Crippen LogP contribution < -0.4 is 9.47 Å². The second kappa shape index (κ2) is 5.25. The highest BCUT2D eigenvalue weighted by molar-refractivity contribution is 5.74. The van der Waals surface area contributed by atoms with Gasteiger partial charge in [-0.05, 0) is 43.3 Å². The molecule has 1 atom stereocenters. The van der Waals surface area contributed by atoms with E-state index < -0.39 is 0 Å². The van der Waals surface area contributed by atoms with Crippen LogP contribution in [0.3, 0.4) is 0 Å². The van der Waals surface area contributed by atoms with Gasteiger partial charge in [0.15, 0.2) is 6.10 Å². The fourth-order valence-electron chi connectivity index (χ4n) is 2.08. The summed E-state index contributed by atoms with van der Waals surface area (Å²) in [4.78, 5) is 7.81.